The Morgan fingerprint density at radius 1 is 1.00 bits per heavy atom. The van der Waals surface area contributed by atoms with Gasteiger partial charge in [-0.3, -0.25) is 0 Å². The molecule has 0 aromatic heterocycles. The molecule has 4 heteroatoms. The van der Waals surface area contributed by atoms with Crippen molar-refractivity contribution in [1.29, 1.82) is 0 Å². The highest BCUT2D eigenvalue weighted by Gasteiger charge is 2.04. The van der Waals surface area contributed by atoms with Crippen LogP contribution in [0.4, 0.5) is 11.4 Å². The number of nitrogens with one attached hydrogen (secondary N) is 1. The molecule has 0 spiro atoms. The van der Waals surface area contributed by atoms with E-state index in [1.165, 1.54) is 5.56 Å². The van der Waals surface area contributed by atoms with Crippen molar-refractivity contribution < 1.29 is 4.21 Å². The van der Waals surface area contributed by atoms with Crippen LogP contribution >= 0.6 is 0 Å². The molecule has 0 radical (unpaired) electrons. The van der Waals surface area contributed by atoms with Gasteiger partial charge in [0.2, 0.25) is 0 Å². The lowest BCUT2D eigenvalue weighted by atomic mass is 10.0. The van der Waals surface area contributed by atoms with E-state index in [1.807, 2.05) is 24.3 Å². The SMILES string of the molecule is CC(C)c1ccc(NS(=O)c2ccc(N)cc2)cc1. The molecule has 3 nitrogen and oxygen atoms in total. The summed E-state index contributed by atoms with van der Waals surface area (Å²) in [5.41, 5.74) is 8.39. The van der Waals surface area contributed by atoms with Crippen molar-refractivity contribution in [3.8, 4) is 0 Å². The van der Waals surface area contributed by atoms with E-state index < -0.39 is 11.0 Å². The van der Waals surface area contributed by atoms with Gasteiger partial charge >= 0.3 is 0 Å². The summed E-state index contributed by atoms with van der Waals surface area (Å²) in [5, 5.41) is 0. The Labute approximate surface area is 116 Å². The summed E-state index contributed by atoms with van der Waals surface area (Å²) < 4.78 is 15.1. The largest absolute Gasteiger partial charge is 0.399 e. The summed E-state index contributed by atoms with van der Waals surface area (Å²) in [6.45, 7) is 4.30. The highest BCUT2D eigenvalue weighted by atomic mass is 32.2. The van der Waals surface area contributed by atoms with Gasteiger partial charge in [-0.05, 0) is 47.9 Å². The monoisotopic (exact) mass is 274 g/mol. The molecule has 0 amide bonds. The van der Waals surface area contributed by atoms with Gasteiger partial charge in [0.15, 0.2) is 0 Å². The normalized spacial score (nSPS) is 12.4. The van der Waals surface area contributed by atoms with Gasteiger partial charge in [-0.25, -0.2) is 4.21 Å². The first-order valence-electron chi connectivity index (χ1n) is 6.20. The lowest BCUT2D eigenvalue weighted by Crippen LogP contribution is -2.04. The van der Waals surface area contributed by atoms with Crippen LogP contribution in [0.5, 0.6) is 0 Å². The molecule has 1 unspecified atom stereocenters. The van der Waals surface area contributed by atoms with Gasteiger partial charge in [-0.1, -0.05) is 26.0 Å². The maximum Gasteiger partial charge on any atom is 0.150 e. The fourth-order valence-electron chi connectivity index (χ4n) is 1.69. The lowest BCUT2D eigenvalue weighted by Gasteiger charge is -2.09. The summed E-state index contributed by atoms with van der Waals surface area (Å²) in [6.07, 6.45) is 0. The zero-order valence-electron chi connectivity index (χ0n) is 11.1. The fourth-order valence-corrected chi connectivity index (χ4v) is 2.54. The van der Waals surface area contributed by atoms with Crippen LogP contribution in [-0.2, 0) is 11.0 Å². The molecule has 0 saturated carbocycles. The highest BCUT2D eigenvalue weighted by molar-refractivity contribution is 7.86. The minimum atomic E-state index is -1.27. The van der Waals surface area contributed by atoms with Crippen LogP contribution < -0.4 is 10.5 Å². The number of anilines is 2. The number of nitrogens with two attached hydrogens (primary N) is 1. The number of nitrogen functional groups attached to an aromatic ring is 1. The van der Waals surface area contributed by atoms with E-state index in [1.54, 1.807) is 24.3 Å². The highest BCUT2D eigenvalue weighted by Crippen LogP contribution is 2.19. The van der Waals surface area contributed by atoms with Crippen LogP contribution in [0.3, 0.4) is 0 Å². The average molecular weight is 274 g/mol. The number of hydrogen-bond acceptors (Lipinski definition) is 2. The van der Waals surface area contributed by atoms with E-state index in [2.05, 4.69) is 18.6 Å². The van der Waals surface area contributed by atoms with Gasteiger partial charge < -0.3 is 10.5 Å². The Morgan fingerprint density at radius 2 is 1.58 bits per heavy atom. The molecule has 0 aliphatic rings. The predicted molar refractivity (Wildman–Crippen MR) is 81.4 cm³/mol. The molecule has 0 saturated heterocycles. The van der Waals surface area contributed by atoms with Crippen molar-refractivity contribution in [2.45, 2.75) is 24.7 Å². The molecule has 0 aliphatic carbocycles. The van der Waals surface area contributed by atoms with Crippen LogP contribution in [0.15, 0.2) is 53.4 Å². The van der Waals surface area contributed by atoms with Crippen molar-refractivity contribution in [2.75, 3.05) is 10.5 Å². The molecule has 0 fully saturated rings. The van der Waals surface area contributed by atoms with Crippen LogP contribution in [0.2, 0.25) is 0 Å². The van der Waals surface area contributed by atoms with Crippen molar-refractivity contribution in [1.82, 2.24) is 0 Å². The molecule has 0 bridgehead atoms. The number of rotatable bonds is 4. The maximum atomic E-state index is 12.1. The molecule has 0 heterocycles. The fraction of sp³-hybridized carbons (Fsp3) is 0.200. The lowest BCUT2D eigenvalue weighted by molar-refractivity contribution is 0.686. The Balaban J connectivity index is 2.08. The predicted octanol–water partition coefficient (Wildman–Crippen LogP) is 3.53. The van der Waals surface area contributed by atoms with E-state index in [0.29, 0.717) is 16.5 Å². The summed E-state index contributed by atoms with van der Waals surface area (Å²) in [5.74, 6) is 0.497. The third kappa shape index (κ3) is 3.58. The van der Waals surface area contributed by atoms with E-state index >= 15 is 0 Å². The third-order valence-corrected chi connectivity index (χ3v) is 4.00. The van der Waals surface area contributed by atoms with Crippen LogP contribution in [0, 0.1) is 0 Å². The van der Waals surface area contributed by atoms with Gasteiger partial charge in [-0.15, -0.1) is 0 Å². The van der Waals surface area contributed by atoms with E-state index in [9.17, 15) is 4.21 Å². The van der Waals surface area contributed by atoms with E-state index in [4.69, 9.17) is 5.73 Å². The molecule has 3 N–H and O–H groups in total. The van der Waals surface area contributed by atoms with Crippen molar-refractivity contribution in [3.63, 3.8) is 0 Å². The Bertz CT molecular complexity index is 562. The second-order valence-electron chi connectivity index (χ2n) is 4.72. The summed E-state index contributed by atoms with van der Waals surface area (Å²) in [4.78, 5) is 0.710. The summed E-state index contributed by atoms with van der Waals surface area (Å²) >= 11 is 0. The minimum Gasteiger partial charge on any atom is -0.399 e. The van der Waals surface area contributed by atoms with Crippen molar-refractivity contribution in [3.05, 3.63) is 54.1 Å². The van der Waals surface area contributed by atoms with Gasteiger partial charge in [0.25, 0.3) is 0 Å². The smallest absolute Gasteiger partial charge is 0.150 e. The summed E-state index contributed by atoms with van der Waals surface area (Å²) in [6, 6.07) is 15.0. The number of hydrogen-bond donors (Lipinski definition) is 2. The zero-order chi connectivity index (χ0) is 13.8. The maximum absolute atomic E-state index is 12.1. The molecule has 2 aromatic rings. The Hall–Kier alpha value is -1.81. The molecule has 2 aromatic carbocycles. The summed E-state index contributed by atoms with van der Waals surface area (Å²) in [7, 11) is -1.27. The molecular formula is C15H18N2OS. The standard InChI is InChI=1S/C15H18N2OS/c1-11(2)12-3-7-14(8-4-12)17-19(18)15-9-5-13(16)6-10-15/h3-11,17H,16H2,1-2H3. The van der Waals surface area contributed by atoms with Gasteiger partial charge in [0.05, 0.1) is 4.90 Å². The molecule has 0 aliphatic heterocycles. The second kappa shape index (κ2) is 5.89. The van der Waals surface area contributed by atoms with Gasteiger partial charge in [0, 0.05) is 11.4 Å². The first-order valence-corrected chi connectivity index (χ1v) is 7.35. The van der Waals surface area contributed by atoms with Crippen LogP contribution in [0.1, 0.15) is 25.3 Å². The van der Waals surface area contributed by atoms with Crippen LogP contribution in [0.25, 0.3) is 0 Å². The zero-order valence-corrected chi connectivity index (χ0v) is 11.9. The van der Waals surface area contributed by atoms with E-state index in [0.717, 1.165) is 5.69 Å². The first-order chi connectivity index (χ1) is 9.06. The van der Waals surface area contributed by atoms with E-state index in [-0.39, 0.29) is 0 Å². The molecular weight excluding hydrogens is 256 g/mol. The first kappa shape index (κ1) is 13.6. The Morgan fingerprint density at radius 3 is 2.11 bits per heavy atom. The number of benzene rings is 2. The third-order valence-electron chi connectivity index (χ3n) is 2.88. The molecule has 2 rings (SSSR count). The Kier molecular flexibility index (Phi) is 4.22. The topological polar surface area (TPSA) is 55.1 Å². The van der Waals surface area contributed by atoms with Crippen LogP contribution in [-0.4, -0.2) is 4.21 Å². The molecule has 1 atom stereocenters. The molecule has 19 heavy (non-hydrogen) atoms. The van der Waals surface area contributed by atoms with Crippen molar-refractivity contribution >= 4 is 22.4 Å². The molecule has 100 valence electrons. The quantitative estimate of drug-likeness (QED) is 0.838. The van der Waals surface area contributed by atoms with Gasteiger partial charge in [0.1, 0.15) is 11.0 Å². The minimum absolute atomic E-state index is 0.497. The van der Waals surface area contributed by atoms with Crippen molar-refractivity contribution in [2.24, 2.45) is 0 Å². The second-order valence-corrected chi connectivity index (χ2v) is 5.93. The van der Waals surface area contributed by atoms with Gasteiger partial charge in [-0.2, -0.15) is 0 Å². The average Bonchev–Trinajstić information content (AvgIpc) is 2.40.